The van der Waals surface area contributed by atoms with Crippen LogP contribution in [0.2, 0.25) is 0 Å². The molecule has 3 N–H and O–H groups in total. The lowest BCUT2D eigenvalue weighted by atomic mass is 10.0. The molecule has 2 aliphatic rings. The van der Waals surface area contributed by atoms with E-state index in [1.165, 1.54) is 10.9 Å². The molecular weight excluding hydrogens is 494 g/mol. The largest absolute Gasteiger partial charge is 0.457 e. The number of aliphatic hydroxyl groups is 1. The summed E-state index contributed by atoms with van der Waals surface area (Å²) in [5, 5.41) is 20.6. The number of likely N-dealkylation sites (tertiary alicyclic amines) is 1. The quantitative estimate of drug-likeness (QED) is 0.350. The number of aliphatic hydroxyl groups excluding tert-OH is 1. The molecule has 39 heavy (non-hydrogen) atoms. The summed E-state index contributed by atoms with van der Waals surface area (Å²) < 4.78 is 9.08. The Balaban J connectivity index is 1.34. The van der Waals surface area contributed by atoms with E-state index in [1.807, 2.05) is 41.3 Å². The highest BCUT2D eigenvalue weighted by Gasteiger charge is 2.32. The number of anilines is 1. The summed E-state index contributed by atoms with van der Waals surface area (Å²) in [6.45, 7) is 1.03. The van der Waals surface area contributed by atoms with E-state index >= 15 is 0 Å². The van der Waals surface area contributed by atoms with Gasteiger partial charge in [-0.05, 0) is 68.0 Å². The van der Waals surface area contributed by atoms with Gasteiger partial charge in [-0.1, -0.05) is 24.3 Å². The first-order valence-corrected chi connectivity index (χ1v) is 13.1. The topological polar surface area (TPSA) is 135 Å². The van der Waals surface area contributed by atoms with Crippen LogP contribution in [0.25, 0.3) is 16.9 Å². The molecule has 0 radical (unpaired) electrons. The molecule has 6 rings (SSSR count). The number of benzene rings is 2. The number of nitriles is 1. The van der Waals surface area contributed by atoms with Crippen molar-refractivity contribution >= 4 is 17.0 Å². The zero-order chi connectivity index (χ0) is 26.9. The van der Waals surface area contributed by atoms with Crippen molar-refractivity contribution in [3.8, 4) is 23.3 Å². The molecule has 2 aromatic carbocycles. The number of piperidine rings is 1. The number of fused-ring (bicyclic) bond motifs is 1. The summed E-state index contributed by atoms with van der Waals surface area (Å²) in [4.78, 5) is 24.4. The Morgan fingerprint density at radius 3 is 2.56 bits per heavy atom. The van der Waals surface area contributed by atoms with Gasteiger partial charge in [0, 0.05) is 13.1 Å². The highest BCUT2D eigenvalue weighted by Crippen LogP contribution is 2.33. The third-order valence-corrected chi connectivity index (χ3v) is 7.34. The number of hydrogen-bond acceptors (Lipinski definition) is 8. The lowest BCUT2D eigenvalue weighted by Crippen LogP contribution is -2.45. The molecule has 2 aromatic heterocycles. The van der Waals surface area contributed by atoms with Crippen molar-refractivity contribution in [2.75, 3.05) is 18.8 Å². The van der Waals surface area contributed by atoms with E-state index in [0.29, 0.717) is 52.9 Å². The lowest BCUT2D eigenvalue weighted by Gasteiger charge is -2.35. The Kier molecular flexibility index (Phi) is 6.60. The van der Waals surface area contributed by atoms with Gasteiger partial charge in [0.2, 0.25) is 0 Å². The predicted octanol–water partition coefficient (Wildman–Crippen LogP) is 3.77. The maximum atomic E-state index is 14.0. The molecule has 1 saturated carbocycles. The van der Waals surface area contributed by atoms with Crippen molar-refractivity contribution in [1.82, 2.24) is 24.0 Å². The number of imidazole rings is 1. The Hall–Kier alpha value is -4.46. The second-order valence-electron chi connectivity index (χ2n) is 10.1. The van der Waals surface area contributed by atoms with E-state index in [-0.39, 0.29) is 17.5 Å². The van der Waals surface area contributed by atoms with E-state index in [1.54, 1.807) is 28.8 Å². The fourth-order valence-electron chi connectivity index (χ4n) is 5.23. The van der Waals surface area contributed by atoms with E-state index in [0.717, 1.165) is 25.7 Å². The van der Waals surface area contributed by atoms with Crippen LogP contribution in [-0.2, 0) is 0 Å². The van der Waals surface area contributed by atoms with Gasteiger partial charge in [0.15, 0.2) is 11.5 Å². The molecule has 1 unspecified atom stereocenters. The van der Waals surface area contributed by atoms with Gasteiger partial charge in [-0.15, -0.1) is 0 Å². The smallest absolute Gasteiger partial charge is 0.335 e. The van der Waals surface area contributed by atoms with Gasteiger partial charge in [0.1, 0.15) is 29.6 Å². The first kappa shape index (κ1) is 24.9. The van der Waals surface area contributed by atoms with Crippen molar-refractivity contribution in [3.05, 3.63) is 83.1 Å². The van der Waals surface area contributed by atoms with Crippen LogP contribution in [-0.4, -0.2) is 48.4 Å². The molecule has 4 aromatic rings. The van der Waals surface area contributed by atoms with Crippen molar-refractivity contribution in [1.29, 1.82) is 5.26 Å². The standard InChI is InChI=1S/C29H29N7O3/c30-16-20(15-19-8-9-19)28(37)34-14-4-5-22(17-34)36-27-25(26(31)32-18-33-27)35(29(36)38)21-10-12-24(13-11-21)39-23-6-2-1-3-7-23/h1-3,6-7,10-13,15,18-19,22,28,37H,4-5,8-9,14,17H2,(H2,31,32,33)/b20-15+/t22-,28?/m1/s1. The van der Waals surface area contributed by atoms with Crippen LogP contribution < -0.4 is 16.2 Å². The average molecular weight is 524 g/mol. The number of ether oxygens (including phenoxy) is 1. The molecule has 198 valence electrons. The molecule has 10 heteroatoms. The maximum Gasteiger partial charge on any atom is 0.335 e. The number of nitrogen functional groups attached to an aromatic ring is 1. The molecule has 2 atom stereocenters. The van der Waals surface area contributed by atoms with Crippen molar-refractivity contribution in [2.24, 2.45) is 5.92 Å². The second kappa shape index (κ2) is 10.4. The lowest BCUT2D eigenvalue weighted by molar-refractivity contribution is 0.00821. The first-order chi connectivity index (χ1) is 19.0. The minimum absolute atomic E-state index is 0.201. The highest BCUT2D eigenvalue weighted by atomic mass is 16.5. The van der Waals surface area contributed by atoms with E-state index in [4.69, 9.17) is 10.5 Å². The summed E-state index contributed by atoms with van der Waals surface area (Å²) in [6, 6.07) is 18.6. The van der Waals surface area contributed by atoms with E-state index in [2.05, 4.69) is 16.0 Å². The van der Waals surface area contributed by atoms with Crippen LogP contribution in [0.1, 0.15) is 31.7 Å². The number of nitrogens with zero attached hydrogens (tertiary/aromatic N) is 6. The summed E-state index contributed by atoms with van der Waals surface area (Å²) in [5.41, 5.74) is 7.85. The molecule has 0 spiro atoms. The molecule has 1 aliphatic heterocycles. The molecule has 10 nitrogen and oxygen atoms in total. The number of aromatic nitrogens is 4. The van der Waals surface area contributed by atoms with Crippen LogP contribution >= 0.6 is 0 Å². The monoisotopic (exact) mass is 523 g/mol. The fourth-order valence-corrected chi connectivity index (χ4v) is 5.23. The average Bonchev–Trinajstić information content (AvgIpc) is 3.73. The minimum atomic E-state index is -1.00. The van der Waals surface area contributed by atoms with Crippen LogP contribution in [0, 0.1) is 17.2 Å². The molecule has 3 heterocycles. The van der Waals surface area contributed by atoms with Crippen molar-refractivity contribution in [3.63, 3.8) is 0 Å². The maximum absolute atomic E-state index is 14.0. The van der Waals surface area contributed by atoms with Gasteiger partial charge in [-0.3, -0.25) is 14.0 Å². The van der Waals surface area contributed by atoms with Crippen LogP contribution in [0.15, 0.2) is 77.4 Å². The normalized spacial score (nSPS) is 19.1. The predicted molar refractivity (Wildman–Crippen MR) is 146 cm³/mol. The highest BCUT2D eigenvalue weighted by molar-refractivity contribution is 5.84. The zero-order valence-electron chi connectivity index (χ0n) is 21.3. The van der Waals surface area contributed by atoms with Gasteiger partial charge in [-0.2, -0.15) is 5.26 Å². The zero-order valence-corrected chi connectivity index (χ0v) is 21.3. The summed E-state index contributed by atoms with van der Waals surface area (Å²) in [6.07, 6.45) is 5.83. The van der Waals surface area contributed by atoms with E-state index < -0.39 is 6.23 Å². The Morgan fingerprint density at radius 2 is 1.85 bits per heavy atom. The van der Waals surface area contributed by atoms with Gasteiger partial charge in [-0.25, -0.2) is 14.8 Å². The molecule has 2 fully saturated rings. The second-order valence-corrected chi connectivity index (χ2v) is 10.1. The molecule has 1 aliphatic carbocycles. The molecule has 1 saturated heterocycles. The van der Waals surface area contributed by atoms with Gasteiger partial charge in [0.05, 0.1) is 23.4 Å². The van der Waals surface area contributed by atoms with Gasteiger partial charge >= 0.3 is 5.69 Å². The van der Waals surface area contributed by atoms with Crippen molar-refractivity contribution in [2.45, 2.75) is 38.0 Å². The van der Waals surface area contributed by atoms with Crippen LogP contribution in [0.3, 0.4) is 0 Å². The Morgan fingerprint density at radius 1 is 1.10 bits per heavy atom. The number of allylic oxidation sites excluding steroid dienone is 1. The third kappa shape index (κ3) is 4.90. The summed E-state index contributed by atoms with van der Waals surface area (Å²) in [7, 11) is 0. The Labute approximate surface area is 225 Å². The first-order valence-electron chi connectivity index (χ1n) is 13.1. The number of para-hydroxylation sites is 1. The van der Waals surface area contributed by atoms with Crippen LogP contribution in [0.4, 0.5) is 5.82 Å². The van der Waals surface area contributed by atoms with Crippen LogP contribution in [0.5, 0.6) is 11.5 Å². The molecule has 0 bridgehead atoms. The third-order valence-electron chi connectivity index (χ3n) is 7.34. The molecular formula is C29H29N7O3. The van der Waals surface area contributed by atoms with Gasteiger partial charge < -0.3 is 15.6 Å². The number of rotatable bonds is 7. The fraction of sp³-hybridized carbons (Fsp3) is 0.310. The van der Waals surface area contributed by atoms with E-state index in [9.17, 15) is 15.2 Å². The summed E-state index contributed by atoms with van der Waals surface area (Å²) in [5.74, 6) is 1.93. The Bertz CT molecular complexity index is 1620. The number of hydrogen-bond donors (Lipinski definition) is 2. The SMILES string of the molecule is N#C/C(=C\C1CC1)C(O)N1CCC[C@@H](n2c(=O)n(-c3ccc(Oc4ccccc4)cc3)c3c(N)ncnc32)C1. The minimum Gasteiger partial charge on any atom is -0.457 e. The van der Waals surface area contributed by atoms with Crippen molar-refractivity contribution < 1.29 is 9.84 Å². The number of nitrogens with two attached hydrogens (primary N) is 1. The summed E-state index contributed by atoms with van der Waals surface area (Å²) >= 11 is 0. The van der Waals surface area contributed by atoms with Gasteiger partial charge in [0.25, 0.3) is 0 Å². The molecule has 0 amide bonds.